The van der Waals surface area contributed by atoms with Crippen LogP contribution in [0.25, 0.3) is 11.3 Å². The summed E-state index contributed by atoms with van der Waals surface area (Å²) >= 11 is 1.62. The molecule has 1 atom stereocenters. The summed E-state index contributed by atoms with van der Waals surface area (Å²) in [6, 6.07) is 13.8. The van der Waals surface area contributed by atoms with E-state index < -0.39 is 0 Å². The summed E-state index contributed by atoms with van der Waals surface area (Å²) in [4.78, 5) is 12.6. The molecule has 4 nitrogen and oxygen atoms in total. The normalized spacial score (nSPS) is 12.1. The second-order valence-electron chi connectivity index (χ2n) is 5.35. The summed E-state index contributed by atoms with van der Waals surface area (Å²) in [5, 5.41) is 11.6. The van der Waals surface area contributed by atoms with Crippen molar-refractivity contribution < 1.29 is 4.79 Å². The molecule has 0 bridgehead atoms. The quantitative estimate of drug-likeness (QED) is 0.767. The first-order valence-corrected chi connectivity index (χ1v) is 8.59. The van der Waals surface area contributed by atoms with Gasteiger partial charge < -0.3 is 5.32 Å². The molecular weight excluding hydrogens is 306 g/mol. The van der Waals surface area contributed by atoms with Gasteiger partial charge in [-0.3, -0.25) is 9.48 Å². The highest BCUT2D eigenvalue weighted by Crippen LogP contribution is 2.22. The SMILES string of the molecule is CCn1nc(-c2ccsc2)cc1C(=O)NC(C)c1ccccc1. The van der Waals surface area contributed by atoms with Gasteiger partial charge in [0.1, 0.15) is 5.69 Å². The highest BCUT2D eigenvalue weighted by atomic mass is 32.1. The molecule has 118 valence electrons. The van der Waals surface area contributed by atoms with Crippen molar-refractivity contribution >= 4 is 17.2 Å². The maximum absolute atomic E-state index is 12.6. The van der Waals surface area contributed by atoms with Gasteiger partial charge in [0, 0.05) is 17.5 Å². The average Bonchev–Trinajstić information content (AvgIpc) is 3.24. The first-order valence-electron chi connectivity index (χ1n) is 7.65. The minimum absolute atomic E-state index is 0.0477. The summed E-state index contributed by atoms with van der Waals surface area (Å²) in [5.41, 5.74) is 3.57. The molecule has 1 aromatic carbocycles. The fourth-order valence-corrected chi connectivity index (χ4v) is 3.14. The monoisotopic (exact) mass is 325 g/mol. The molecule has 0 saturated carbocycles. The molecule has 3 aromatic rings. The van der Waals surface area contributed by atoms with Crippen molar-refractivity contribution in [3.63, 3.8) is 0 Å². The molecule has 0 spiro atoms. The topological polar surface area (TPSA) is 46.9 Å². The smallest absolute Gasteiger partial charge is 0.270 e. The van der Waals surface area contributed by atoms with Crippen LogP contribution in [0.2, 0.25) is 0 Å². The van der Waals surface area contributed by atoms with Crippen molar-refractivity contribution in [2.45, 2.75) is 26.4 Å². The molecule has 2 heterocycles. The number of amides is 1. The van der Waals surface area contributed by atoms with E-state index in [1.165, 1.54) is 0 Å². The fraction of sp³-hybridized carbons (Fsp3) is 0.222. The van der Waals surface area contributed by atoms with Crippen molar-refractivity contribution in [3.05, 3.63) is 64.5 Å². The third-order valence-corrected chi connectivity index (χ3v) is 4.46. The van der Waals surface area contributed by atoms with Gasteiger partial charge in [-0.15, -0.1) is 0 Å². The molecule has 0 aliphatic heterocycles. The molecule has 1 unspecified atom stereocenters. The maximum Gasteiger partial charge on any atom is 0.270 e. The number of hydrogen-bond acceptors (Lipinski definition) is 3. The summed E-state index contributed by atoms with van der Waals surface area (Å²) in [7, 11) is 0. The Morgan fingerprint density at radius 3 is 2.74 bits per heavy atom. The van der Waals surface area contributed by atoms with Crippen molar-refractivity contribution in [2.75, 3.05) is 0 Å². The fourth-order valence-electron chi connectivity index (χ4n) is 2.49. The van der Waals surface area contributed by atoms with Crippen LogP contribution in [0.15, 0.2) is 53.2 Å². The maximum atomic E-state index is 12.6. The van der Waals surface area contributed by atoms with Crippen LogP contribution in [0.5, 0.6) is 0 Å². The van der Waals surface area contributed by atoms with E-state index in [9.17, 15) is 4.79 Å². The van der Waals surface area contributed by atoms with Gasteiger partial charge >= 0.3 is 0 Å². The molecule has 1 amide bonds. The summed E-state index contributed by atoms with van der Waals surface area (Å²) in [5.74, 6) is -0.0998. The van der Waals surface area contributed by atoms with Crippen LogP contribution in [0.4, 0.5) is 0 Å². The average molecular weight is 325 g/mol. The van der Waals surface area contributed by atoms with Gasteiger partial charge in [0.2, 0.25) is 0 Å². The van der Waals surface area contributed by atoms with Gasteiger partial charge in [0.15, 0.2) is 0 Å². The van der Waals surface area contributed by atoms with Crippen LogP contribution >= 0.6 is 11.3 Å². The van der Waals surface area contributed by atoms with E-state index in [1.807, 2.05) is 67.1 Å². The van der Waals surface area contributed by atoms with E-state index in [0.717, 1.165) is 16.8 Å². The lowest BCUT2D eigenvalue weighted by molar-refractivity contribution is 0.0929. The molecular formula is C18H19N3OS. The second kappa shape index (κ2) is 6.79. The lowest BCUT2D eigenvalue weighted by Gasteiger charge is -2.14. The van der Waals surface area contributed by atoms with E-state index in [4.69, 9.17) is 0 Å². The summed E-state index contributed by atoms with van der Waals surface area (Å²) in [6.07, 6.45) is 0. The van der Waals surface area contributed by atoms with E-state index in [1.54, 1.807) is 16.0 Å². The second-order valence-corrected chi connectivity index (χ2v) is 6.13. The van der Waals surface area contributed by atoms with Crippen molar-refractivity contribution in [1.82, 2.24) is 15.1 Å². The number of carbonyl (C=O) groups excluding carboxylic acids is 1. The Kier molecular flexibility index (Phi) is 4.57. The standard InChI is InChI=1S/C18H19N3OS/c1-3-21-17(11-16(20-21)15-9-10-23-12-15)18(22)19-13(2)14-7-5-4-6-8-14/h4-13H,3H2,1-2H3,(H,19,22). The number of aryl methyl sites for hydroxylation is 1. The Bertz CT molecular complexity index is 778. The molecule has 0 radical (unpaired) electrons. The van der Waals surface area contributed by atoms with Crippen LogP contribution < -0.4 is 5.32 Å². The van der Waals surface area contributed by atoms with Crippen molar-refractivity contribution in [1.29, 1.82) is 0 Å². The largest absolute Gasteiger partial charge is 0.344 e. The van der Waals surface area contributed by atoms with Crippen molar-refractivity contribution in [3.8, 4) is 11.3 Å². The van der Waals surface area contributed by atoms with Gasteiger partial charge in [-0.2, -0.15) is 16.4 Å². The van der Waals surface area contributed by atoms with Gasteiger partial charge in [0.05, 0.1) is 11.7 Å². The van der Waals surface area contributed by atoms with E-state index in [2.05, 4.69) is 10.4 Å². The Balaban J connectivity index is 1.82. The Morgan fingerprint density at radius 1 is 1.30 bits per heavy atom. The highest BCUT2D eigenvalue weighted by Gasteiger charge is 2.18. The lowest BCUT2D eigenvalue weighted by Crippen LogP contribution is -2.28. The number of nitrogens with zero attached hydrogens (tertiary/aromatic N) is 2. The van der Waals surface area contributed by atoms with E-state index in [-0.39, 0.29) is 11.9 Å². The molecule has 23 heavy (non-hydrogen) atoms. The molecule has 3 rings (SSSR count). The number of carbonyl (C=O) groups is 1. The van der Waals surface area contributed by atoms with Crippen LogP contribution in [-0.4, -0.2) is 15.7 Å². The zero-order valence-electron chi connectivity index (χ0n) is 13.2. The van der Waals surface area contributed by atoms with Gasteiger partial charge in [-0.1, -0.05) is 30.3 Å². The van der Waals surface area contributed by atoms with Crippen LogP contribution in [0, 0.1) is 0 Å². The van der Waals surface area contributed by atoms with Gasteiger partial charge in [-0.05, 0) is 36.9 Å². The molecule has 0 aliphatic carbocycles. The third kappa shape index (κ3) is 3.35. The molecule has 1 N–H and O–H groups in total. The lowest BCUT2D eigenvalue weighted by atomic mass is 10.1. The highest BCUT2D eigenvalue weighted by molar-refractivity contribution is 7.08. The minimum atomic E-state index is -0.0998. The predicted molar refractivity (Wildman–Crippen MR) is 93.5 cm³/mol. The van der Waals surface area contributed by atoms with Crippen LogP contribution in [0.1, 0.15) is 35.9 Å². The van der Waals surface area contributed by atoms with Gasteiger partial charge in [0.25, 0.3) is 5.91 Å². The number of thiophene rings is 1. The van der Waals surface area contributed by atoms with Crippen LogP contribution in [0.3, 0.4) is 0 Å². The predicted octanol–water partition coefficient (Wildman–Crippen LogP) is 4.12. The number of benzene rings is 1. The molecule has 5 heteroatoms. The number of hydrogen-bond donors (Lipinski definition) is 1. The number of rotatable bonds is 5. The van der Waals surface area contributed by atoms with Crippen molar-refractivity contribution in [2.24, 2.45) is 0 Å². The zero-order valence-corrected chi connectivity index (χ0v) is 14.0. The number of nitrogens with one attached hydrogen (secondary N) is 1. The molecule has 0 saturated heterocycles. The Morgan fingerprint density at radius 2 is 2.09 bits per heavy atom. The van der Waals surface area contributed by atoms with E-state index in [0.29, 0.717) is 12.2 Å². The number of aromatic nitrogens is 2. The third-order valence-electron chi connectivity index (χ3n) is 3.78. The van der Waals surface area contributed by atoms with Crippen LogP contribution in [-0.2, 0) is 6.54 Å². The molecule has 0 fully saturated rings. The summed E-state index contributed by atoms with van der Waals surface area (Å²) < 4.78 is 1.75. The summed E-state index contributed by atoms with van der Waals surface area (Å²) in [6.45, 7) is 4.63. The van der Waals surface area contributed by atoms with E-state index >= 15 is 0 Å². The molecule has 0 aliphatic rings. The first kappa shape index (κ1) is 15.5. The molecule has 2 aromatic heterocycles. The Hall–Kier alpha value is -2.40. The Labute approximate surface area is 139 Å². The van der Waals surface area contributed by atoms with Gasteiger partial charge in [-0.25, -0.2) is 0 Å². The first-order chi connectivity index (χ1) is 11.2. The zero-order chi connectivity index (χ0) is 16.2. The minimum Gasteiger partial charge on any atom is -0.344 e.